The van der Waals surface area contributed by atoms with Gasteiger partial charge in [-0.1, -0.05) is 30.3 Å². The molecule has 0 aliphatic heterocycles. The molecule has 1 amide bonds. The number of aromatic nitrogens is 2. The van der Waals surface area contributed by atoms with Gasteiger partial charge in [-0.2, -0.15) is 0 Å². The molecule has 0 aliphatic rings. The highest BCUT2D eigenvalue weighted by molar-refractivity contribution is 7.09. The van der Waals surface area contributed by atoms with E-state index in [0.717, 1.165) is 33.2 Å². The lowest BCUT2D eigenvalue weighted by atomic mass is 10.0. The summed E-state index contributed by atoms with van der Waals surface area (Å²) in [4.78, 5) is 29.2. The third-order valence-corrected chi connectivity index (χ3v) is 5.68. The fourth-order valence-corrected chi connectivity index (χ4v) is 3.97. The molecule has 2 aromatic heterocycles. The topological polar surface area (TPSA) is 73.2 Å². The summed E-state index contributed by atoms with van der Waals surface area (Å²) in [6, 6.07) is 11.1. The predicted molar refractivity (Wildman–Crippen MR) is 114 cm³/mol. The van der Waals surface area contributed by atoms with Gasteiger partial charge in [-0.25, -0.2) is 4.98 Å². The molecule has 152 valence electrons. The highest BCUT2D eigenvalue weighted by Crippen LogP contribution is 2.28. The number of aryl methyl sites for hydroxylation is 2. The minimum atomic E-state index is -0.437. The van der Waals surface area contributed by atoms with Crippen LogP contribution in [0.25, 0.3) is 11.3 Å². The quantitative estimate of drug-likeness (QED) is 0.598. The van der Waals surface area contributed by atoms with Crippen molar-refractivity contribution < 1.29 is 14.3 Å². The van der Waals surface area contributed by atoms with Gasteiger partial charge in [0.05, 0.1) is 30.3 Å². The first-order valence-corrected chi connectivity index (χ1v) is 10.3. The van der Waals surface area contributed by atoms with Gasteiger partial charge in [0.2, 0.25) is 5.91 Å². The minimum absolute atomic E-state index is 0.0826. The van der Waals surface area contributed by atoms with Crippen LogP contribution in [0.5, 0.6) is 0 Å². The molecule has 0 aliphatic carbocycles. The van der Waals surface area contributed by atoms with Crippen molar-refractivity contribution in [3.05, 3.63) is 63.7 Å². The largest absolute Gasteiger partial charge is 0.469 e. The molecule has 1 unspecified atom stereocenters. The Morgan fingerprint density at radius 3 is 2.55 bits per heavy atom. The number of amides is 1. The number of nitrogens with zero attached hydrogens (tertiary/aromatic N) is 2. The number of hydrogen-bond donors (Lipinski definition) is 1. The molecule has 0 spiro atoms. The number of carbonyl (C=O) groups is 2. The van der Waals surface area contributed by atoms with Crippen molar-refractivity contribution in [1.82, 2.24) is 14.9 Å². The molecule has 6 nitrogen and oxygen atoms in total. The summed E-state index contributed by atoms with van der Waals surface area (Å²) >= 11 is 1.61. The van der Waals surface area contributed by atoms with E-state index in [1.54, 1.807) is 11.3 Å². The van der Waals surface area contributed by atoms with Crippen LogP contribution >= 0.6 is 11.3 Å². The van der Waals surface area contributed by atoms with Crippen LogP contribution in [0.2, 0.25) is 0 Å². The summed E-state index contributed by atoms with van der Waals surface area (Å²) in [7, 11) is 1.35. The molecule has 3 aromatic rings. The van der Waals surface area contributed by atoms with Crippen molar-refractivity contribution in [3.63, 3.8) is 0 Å². The zero-order valence-electron chi connectivity index (χ0n) is 17.1. The lowest BCUT2D eigenvalue weighted by molar-refractivity contribution is -0.141. The third-order valence-electron chi connectivity index (χ3n) is 4.91. The Morgan fingerprint density at radius 2 is 1.93 bits per heavy atom. The number of ether oxygens (including phenoxy) is 1. The average molecular weight is 412 g/mol. The van der Waals surface area contributed by atoms with E-state index in [9.17, 15) is 9.59 Å². The van der Waals surface area contributed by atoms with Crippen LogP contribution in [0, 0.1) is 20.8 Å². The minimum Gasteiger partial charge on any atom is -0.469 e. The highest BCUT2D eigenvalue weighted by Gasteiger charge is 2.20. The van der Waals surface area contributed by atoms with E-state index in [0.29, 0.717) is 0 Å². The first kappa shape index (κ1) is 20.8. The Morgan fingerprint density at radius 1 is 1.21 bits per heavy atom. The normalized spacial score (nSPS) is 11.9. The van der Waals surface area contributed by atoms with Gasteiger partial charge in [0.25, 0.3) is 0 Å². The molecule has 0 fully saturated rings. The summed E-state index contributed by atoms with van der Waals surface area (Å²) in [5.41, 5.74) is 4.81. The average Bonchev–Trinajstić information content (AvgIpc) is 3.26. The predicted octanol–water partition coefficient (Wildman–Crippen LogP) is 3.96. The Hall–Kier alpha value is -2.93. The van der Waals surface area contributed by atoms with Crippen LogP contribution in [0.3, 0.4) is 0 Å². The summed E-state index contributed by atoms with van der Waals surface area (Å²) in [6.45, 7) is 6.12. The summed E-state index contributed by atoms with van der Waals surface area (Å²) < 4.78 is 6.76. The second-order valence-electron chi connectivity index (χ2n) is 6.93. The second-order valence-corrected chi connectivity index (χ2v) is 8.00. The van der Waals surface area contributed by atoms with E-state index in [1.807, 2.05) is 61.1 Å². The zero-order chi connectivity index (χ0) is 21.0. The number of carbonyl (C=O) groups excluding carboxylic acids is 2. The number of benzene rings is 1. The Kier molecular flexibility index (Phi) is 6.49. The van der Waals surface area contributed by atoms with Gasteiger partial charge in [0.15, 0.2) is 0 Å². The molecule has 1 aromatic carbocycles. The molecule has 7 heteroatoms. The van der Waals surface area contributed by atoms with Gasteiger partial charge in [0.1, 0.15) is 6.54 Å². The van der Waals surface area contributed by atoms with E-state index in [-0.39, 0.29) is 24.8 Å². The van der Waals surface area contributed by atoms with Crippen LogP contribution in [0.15, 0.2) is 41.8 Å². The number of rotatable bonds is 7. The molecule has 29 heavy (non-hydrogen) atoms. The van der Waals surface area contributed by atoms with Crippen LogP contribution in [-0.2, 0) is 20.9 Å². The number of thiazole rings is 1. The number of methoxy groups -OCH3 is 1. The molecule has 3 rings (SSSR count). The maximum Gasteiger partial charge on any atom is 0.307 e. The number of hydrogen-bond acceptors (Lipinski definition) is 5. The van der Waals surface area contributed by atoms with Crippen molar-refractivity contribution in [2.75, 3.05) is 7.11 Å². The van der Waals surface area contributed by atoms with E-state index in [4.69, 9.17) is 4.74 Å². The second kappa shape index (κ2) is 9.05. The SMILES string of the molecule is COC(=O)CC(NC(=O)Cn1c(C)cc(-c2csc(C)n2)c1C)c1ccccc1. The van der Waals surface area contributed by atoms with Gasteiger partial charge in [-0.05, 0) is 32.4 Å². The van der Waals surface area contributed by atoms with Gasteiger partial charge < -0.3 is 14.6 Å². The molecular formula is C22H25N3O3S. The monoisotopic (exact) mass is 411 g/mol. The molecule has 2 heterocycles. The Balaban J connectivity index is 1.78. The maximum absolute atomic E-state index is 12.8. The van der Waals surface area contributed by atoms with E-state index >= 15 is 0 Å². The summed E-state index contributed by atoms with van der Waals surface area (Å²) in [5, 5.41) is 6.02. The third kappa shape index (κ3) is 4.92. The first-order chi connectivity index (χ1) is 13.9. The molecule has 0 radical (unpaired) electrons. The number of esters is 1. The van der Waals surface area contributed by atoms with Gasteiger partial charge in [-0.15, -0.1) is 11.3 Å². The molecule has 0 saturated heterocycles. The molecule has 0 saturated carbocycles. The van der Waals surface area contributed by atoms with Crippen LogP contribution < -0.4 is 5.32 Å². The Labute approximate surface area is 174 Å². The molecular weight excluding hydrogens is 386 g/mol. The van der Waals surface area contributed by atoms with Crippen molar-refractivity contribution in [1.29, 1.82) is 0 Å². The fraction of sp³-hybridized carbons (Fsp3) is 0.318. The number of nitrogens with one attached hydrogen (secondary N) is 1. The standard InChI is InChI=1S/C22H25N3O3S/c1-14-10-18(20-13-29-16(3)23-20)15(2)25(14)12-21(26)24-19(11-22(27)28-4)17-8-6-5-7-9-17/h5-10,13,19H,11-12H2,1-4H3,(H,24,26). The van der Waals surface area contributed by atoms with Crippen LogP contribution in [-0.4, -0.2) is 28.5 Å². The molecule has 0 bridgehead atoms. The highest BCUT2D eigenvalue weighted by atomic mass is 32.1. The smallest absolute Gasteiger partial charge is 0.307 e. The Bertz CT molecular complexity index is 1010. The van der Waals surface area contributed by atoms with Crippen molar-refractivity contribution in [2.24, 2.45) is 0 Å². The zero-order valence-corrected chi connectivity index (χ0v) is 17.9. The molecule has 1 N–H and O–H groups in total. The first-order valence-electron chi connectivity index (χ1n) is 9.39. The fourth-order valence-electron chi connectivity index (χ4n) is 3.36. The maximum atomic E-state index is 12.8. The van der Waals surface area contributed by atoms with E-state index in [2.05, 4.69) is 16.4 Å². The van der Waals surface area contributed by atoms with Crippen molar-refractivity contribution >= 4 is 23.2 Å². The van der Waals surface area contributed by atoms with Crippen molar-refractivity contribution in [2.45, 2.75) is 39.8 Å². The summed E-state index contributed by atoms with van der Waals surface area (Å²) in [6.07, 6.45) is 0.0826. The van der Waals surface area contributed by atoms with E-state index in [1.165, 1.54) is 7.11 Å². The van der Waals surface area contributed by atoms with E-state index < -0.39 is 6.04 Å². The van der Waals surface area contributed by atoms with Gasteiger partial charge in [-0.3, -0.25) is 9.59 Å². The van der Waals surface area contributed by atoms with Crippen LogP contribution in [0.1, 0.15) is 34.4 Å². The molecule has 1 atom stereocenters. The van der Waals surface area contributed by atoms with Gasteiger partial charge >= 0.3 is 5.97 Å². The van der Waals surface area contributed by atoms with Crippen LogP contribution in [0.4, 0.5) is 0 Å². The van der Waals surface area contributed by atoms with Crippen molar-refractivity contribution in [3.8, 4) is 11.3 Å². The van der Waals surface area contributed by atoms with Gasteiger partial charge in [0, 0.05) is 22.3 Å². The lowest BCUT2D eigenvalue weighted by Gasteiger charge is -2.19. The lowest BCUT2D eigenvalue weighted by Crippen LogP contribution is -2.33. The summed E-state index contributed by atoms with van der Waals surface area (Å²) in [5.74, 6) is -0.528.